The maximum Gasteiger partial charge on any atom is 0.00645 e. The first-order valence-corrected chi connectivity index (χ1v) is 5.20. The van der Waals surface area contributed by atoms with Crippen LogP contribution in [0.4, 0.5) is 0 Å². The third kappa shape index (κ3) is 1.32. The van der Waals surface area contributed by atoms with E-state index in [4.69, 9.17) is 5.73 Å². The lowest BCUT2D eigenvalue weighted by Gasteiger charge is -2.36. The second-order valence-electron chi connectivity index (χ2n) is 3.54. The van der Waals surface area contributed by atoms with Crippen molar-refractivity contribution < 1.29 is 0 Å². The summed E-state index contributed by atoms with van der Waals surface area (Å²) in [6.45, 7) is 0. The molecule has 1 nitrogen and oxygen atoms in total. The molecule has 0 saturated carbocycles. The van der Waals surface area contributed by atoms with Crippen LogP contribution in [0, 0.1) is 0 Å². The zero-order chi connectivity index (χ0) is 6.97. The Morgan fingerprint density at radius 3 is 2.30 bits per heavy atom. The summed E-state index contributed by atoms with van der Waals surface area (Å²) in [4.78, 5) is 0. The SMILES string of the molecule is NC1CC2CCCC(C1)S2. The molecule has 2 atom stereocenters. The first-order valence-electron chi connectivity index (χ1n) is 4.25. The highest BCUT2D eigenvalue weighted by atomic mass is 32.2. The molecule has 2 heteroatoms. The van der Waals surface area contributed by atoms with Crippen LogP contribution in [0.25, 0.3) is 0 Å². The molecule has 2 bridgehead atoms. The highest BCUT2D eigenvalue weighted by molar-refractivity contribution is 8.00. The van der Waals surface area contributed by atoms with Crippen molar-refractivity contribution in [3.8, 4) is 0 Å². The molecule has 2 rings (SSSR count). The van der Waals surface area contributed by atoms with Crippen LogP contribution in [0.2, 0.25) is 0 Å². The molecule has 0 radical (unpaired) electrons. The maximum atomic E-state index is 5.91. The lowest BCUT2D eigenvalue weighted by molar-refractivity contribution is 0.442. The number of rotatable bonds is 0. The van der Waals surface area contributed by atoms with E-state index >= 15 is 0 Å². The number of thioether (sulfide) groups is 1. The van der Waals surface area contributed by atoms with Crippen molar-refractivity contribution in [2.24, 2.45) is 5.73 Å². The molecule has 2 unspecified atom stereocenters. The fourth-order valence-electron chi connectivity index (χ4n) is 2.10. The Labute approximate surface area is 66.7 Å². The fourth-order valence-corrected chi connectivity index (χ4v) is 3.97. The molecule has 0 aromatic carbocycles. The van der Waals surface area contributed by atoms with Gasteiger partial charge in [0.25, 0.3) is 0 Å². The first kappa shape index (κ1) is 6.99. The van der Waals surface area contributed by atoms with Crippen molar-refractivity contribution in [3.63, 3.8) is 0 Å². The molecule has 2 N–H and O–H groups in total. The summed E-state index contributed by atoms with van der Waals surface area (Å²) in [7, 11) is 0. The van der Waals surface area contributed by atoms with E-state index in [0.29, 0.717) is 6.04 Å². The third-order valence-corrected chi connectivity index (χ3v) is 4.19. The van der Waals surface area contributed by atoms with Crippen LogP contribution in [-0.2, 0) is 0 Å². The van der Waals surface area contributed by atoms with E-state index in [1.807, 2.05) is 0 Å². The van der Waals surface area contributed by atoms with Gasteiger partial charge in [-0.3, -0.25) is 0 Å². The van der Waals surface area contributed by atoms with Crippen LogP contribution in [0.15, 0.2) is 0 Å². The molecule has 10 heavy (non-hydrogen) atoms. The van der Waals surface area contributed by atoms with E-state index in [2.05, 4.69) is 11.8 Å². The molecule has 0 aromatic rings. The van der Waals surface area contributed by atoms with Gasteiger partial charge < -0.3 is 5.73 Å². The summed E-state index contributed by atoms with van der Waals surface area (Å²) in [6, 6.07) is 0.525. The summed E-state index contributed by atoms with van der Waals surface area (Å²) in [6.07, 6.45) is 6.86. The van der Waals surface area contributed by atoms with Gasteiger partial charge in [-0.1, -0.05) is 6.42 Å². The average molecular weight is 157 g/mol. The van der Waals surface area contributed by atoms with Crippen molar-refractivity contribution in [1.82, 2.24) is 0 Å². The van der Waals surface area contributed by atoms with Gasteiger partial charge in [-0.05, 0) is 25.7 Å². The normalized spacial score (nSPS) is 47.1. The quantitative estimate of drug-likeness (QED) is 0.580. The van der Waals surface area contributed by atoms with E-state index in [1.54, 1.807) is 0 Å². The summed E-state index contributed by atoms with van der Waals surface area (Å²) in [5.74, 6) is 0. The number of hydrogen-bond donors (Lipinski definition) is 1. The molecular formula is C8H15NS. The van der Waals surface area contributed by atoms with Gasteiger partial charge in [-0.25, -0.2) is 0 Å². The van der Waals surface area contributed by atoms with Crippen molar-refractivity contribution in [1.29, 1.82) is 0 Å². The van der Waals surface area contributed by atoms with Crippen molar-refractivity contribution in [2.75, 3.05) is 0 Å². The van der Waals surface area contributed by atoms with Gasteiger partial charge >= 0.3 is 0 Å². The largest absolute Gasteiger partial charge is 0.328 e. The predicted octanol–water partition coefficient (Wildman–Crippen LogP) is 1.76. The Hall–Kier alpha value is 0.310. The van der Waals surface area contributed by atoms with E-state index in [0.717, 1.165) is 10.5 Å². The number of fused-ring (bicyclic) bond motifs is 2. The highest BCUT2D eigenvalue weighted by Crippen LogP contribution is 2.40. The lowest BCUT2D eigenvalue weighted by atomic mass is 9.95. The Morgan fingerprint density at radius 2 is 1.70 bits per heavy atom. The predicted molar refractivity (Wildman–Crippen MR) is 46.2 cm³/mol. The van der Waals surface area contributed by atoms with E-state index in [-0.39, 0.29) is 0 Å². The fraction of sp³-hybridized carbons (Fsp3) is 1.00. The standard InChI is InChI=1S/C8H15NS/c9-6-4-7-2-1-3-8(5-6)10-7/h6-8H,1-5,9H2. The minimum absolute atomic E-state index is 0.525. The Kier molecular flexibility index (Phi) is 1.92. The topological polar surface area (TPSA) is 26.0 Å². The maximum absolute atomic E-state index is 5.91. The monoisotopic (exact) mass is 157 g/mol. The first-order chi connectivity index (χ1) is 4.84. The highest BCUT2D eigenvalue weighted by Gasteiger charge is 2.30. The van der Waals surface area contributed by atoms with Crippen LogP contribution in [0.3, 0.4) is 0 Å². The molecule has 2 aliphatic rings. The molecule has 2 saturated heterocycles. The molecule has 0 aromatic heterocycles. The molecule has 2 aliphatic heterocycles. The minimum Gasteiger partial charge on any atom is -0.328 e. The van der Waals surface area contributed by atoms with Crippen LogP contribution in [-0.4, -0.2) is 16.5 Å². The molecule has 0 aliphatic carbocycles. The van der Waals surface area contributed by atoms with E-state index in [9.17, 15) is 0 Å². The smallest absolute Gasteiger partial charge is 0.00645 e. The van der Waals surface area contributed by atoms with Gasteiger partial charge in [0.1, 0.15) is 0 Å². The second-order valence-corrected chi connectivity index (χ2v) is 5.15. The van der Waals surface area contributed by atoms with Gasteiger partial charge in [-0.15, -0.1) is 0 Å². The Morgan fingerprint density at radius 1 is 1.10 bits per heavy atom. The van der Waals surface area contributed by atoms with Gasteiger partial charge in [0.2, 0.25) is 0 Å². The number of nitrogens with two attached hydrogens (primary N) is 1. The van der Waals surface area contributed by atoms with Crippen LogP contribution in [0.5, 0.6) is 0 Å². The Bertz CT molecular complexity index is 110. The summed E-state index contributed by atoms with van der Waals surface area (Å²) >= 11 is 2.20. The van der Waals surface area contributed by atoms with Gasteiger partial charge in [-0.2, -0.15) is 11.8 Å². The molecule has 2 fully saturated rings. The van der Waals surface area contributed by atoms with Crippen LogP contribution >= 0.6 is 11.8 Å². The zero-order valence-electron chi connectivity index (χ0n) is 6.25. The third-order valence-electron chi connectivity index (χ3n) is 2.57. The van der Waals surface area contributed by atoms with Crippen molar-refractivity contribution in [2.45, 2.75) is 48.6 Å². The average Bonchev–Trinajstić information content (AvgIpc) is 1.85. The summed E-state index contributed by atoms with van der Waals surface area (Å²) in [5.41, 5.74) is 5.91. The van der Waals surface area contributed by atoms with Crippen molar-refractivity contribution >= 4 is 11.8 Å². The van der Waals surface area contributed by atoms with Crippen LogP contribution in [0.1, 0.15) is 32.1 Å². The minimum atomic E-state index is 0.525. The molecule has 58 valence electrons. The summed E-state index contributed by atoms with van der Waals surface area (Å²) in [5, 5.41) is 1.84. The molecule has 0 amide bonds. The van der Waals surface area contributed by atoms with Gasteiger partial charge in [0.15, 0.2) is 0 Å². The Balaban J connectivity index is 1.98. The summed E-state index contributed by atoms with van der Waals surface area (Å²) < 4.78 is 0. The zero-order valence-corrected chi connectivity index (χ0v) is 7.07. The molecule has 0 spiro atoms. The lowest BCUT2D eigenvalue weighted by Crippen LogP contribution is -2.36. The van der Waals surface area contributed by atoms with E-state index < -0.39 is 0 Å². The molecular weight excluding hydrogens is 142 g/mol. The van der Waals surface area contributed by atoms with Gasteiger partial charge in [0.05, 0.1) is 0 Å². The van der Waals surface area contributed by atoms with Crippen molar-refractivity contribution in [3.05, 3.63) is 0 Å². The second kappa shape index (κ2) is 2.74. The van der Waals surface area contributed by atoms with Gasteiger partial charge in [0, 0.05) is 16.5 Å². The molecule has 2 heterocycles. The van der Waals surface area contributed by atoms with E-state index in [1.165, 1.54) is 32.1 Å². The number of hydrogen-bond acceptors (Lipinski definition) is 2. The van der Waals surface area contributed by atoms with Crippen LogP contribution < -0.4 is 5.73 Å².